The van der Waals surface area contributed by atoms with Crippen LogP contribution in [0.25, 0.3) is 0 Å². The van der Waals surface area contributed by atoms with Crippen molar-refractivity contribution in [2.24, 2.45) is 5.92 Å². The third kappa shape index (κ3) is 5.00. The largest absolute Gasteiger partial charge is 0.465 e. The Morgan fingerprint density at radius 2 is 2.10 bits per heavy atom. The van der Waals surface area contributed by atoms with Crippen molar-refractivity contribution in [1.29, 1.82) is 0 Å². The second kappa shape index (κ2) is 9.36. The van der Waals surface area contributed by atoms with Gasteiger partial charge in [-0.3, -0.25) is 4.79 Å². The first kappa shape index (κ1) is 22.4. The van der Waals surface area contributed by atoms with Crippen LogP contribution in [0.4, 0.5) is 5.13 Å². The summed E-state index contributed by atoms with van der Waals surface area (Å²) in [7, 11) is 1.35. The van der Waals surface area contributed by atoms with Crippen LogP contribution in [0.1, 0.15) is 45.1 Å². The summed E-state index contributed by atoms with van der Waals surface area (Å²) in [6.07, 6.45) is 4.34. The van der Waals surface area contributed by atoms with E-state index in [2.05, 4.69) is 20.2 Å². The van der Waals surface area contributed by atoms with Crippen molar-refractivity contribution in [1.82, 2.24) is 15.3 Å². The molecule has 2 aromatic rings. The van der Waals surface area contributed by atoms with Gasteiger partial charge in [-0.15, -0.1) is 0 Å². The van der Waals surface area contributed by atoms with E-state index in [1.165, 1.54) is 37.5 Å². The lowest BCUT2D eigenvalue weighted by Crippen LogP contribution is -2.55. The molecule has 8 nitrogen and oxygen atoms in total. The minimum Gasteiger partial charge on any atom is -0.465 e. The number of esters is 1. The van der Waals surface area contributed by atoms with Crippen molar-refractivity contribution in [3.8, 4) is 0 Å². The van der Waals surface area contributed by atoms with Gasteiger partial charge >= 0.3 is 5.97 Å². The molecule has 2 atom stereocenters. The Balaban J connectivity index is 1.46. The predicted molar refractivity (Wildman–Crippen MR) is 120 cm³/mol. The zero-order valence-electron chi connectivity index (χ0n) is 17.2. The number of amides is 1. The zero-order chi connectivity index (χ0) is 22.1. The monoisotopic (exact) mass is 486 g/mol. The van der Waals surface area contributed by atoms with Crippen LogP contribution in [-0.4, -0.2) is 60.8 Å². The molecule has 31 heavy (non-hydrogen) atoms. The van der Waals surface area contributed by atoms with Crippen molar-refractivity contribution in [3.05, 3.63) is 32.5 Å². The van der Waals surface area contributed by atoms with E-state index in [0.29, 0.717) is 47.6 Å². The molecule has 0 radical (unpaired) electrons. The summed E-state index contributed by atoms with van der Waals surface area (Å²) in [4.78, 5) is 34.5. The summed E-state index contributed by atoms with van der Waals surface area (Å²) in [5.41, 5.74) is 0.911. The molecule has 3 heterocycles. The Labute approximate surface area is 194 Å². The molecule has 1 aliphatic heterocycles. The first-order chi connectivity index (χ1) is 14.9. The van der Waals surface area contributed by atoms with Crippen molar-refractivity contribution >= 4 is 51.5 Å². The van der Waals surface area contributed by atoms with Crippen LogP contribution in [0.15, 0.2) is 6.20 Å². The molecule has 1 saturated carbocycles. The molecule has 2 fully saturated rings. The molecular formula is C20H24Cl2N4O4S. The highest BCUT2D eigenvalue weighted by molar-refractivity contribution is 7.17. The zero-order valence-corrected chi connectivity index (χ0v) is 19.6. The standard InChI is InChI=1S/C20H24Cl2N4O4S/c1-10-15(21)16(22)17(24-10)18(27)25-12-5-6-26(8-13(12)30-9-11-3-4-11)20-23-7-14(31-20)19(28)29-2/h7,11-13,24H,3-6,8-9H2,1-2H3,(H,25,27). The molecule has 2 N–H and O–H groups in total. The quantitative estimate of drug-likeness (QED) is 0.579. The third-order valence-electron chi connectivity index (χ3n) is 5.55. The van der Waals surface area contributed by atoms with Crippen LogP contribution >= 0.6 is 34.5 Å². The van der Waals surface area contributed by atoms with E-state index in [4.69, 9.17) is 32.7 Å². The van der Waals surface area contributed by atoms with E-state index >= 15 is 0 Å². The van der Waals surface area contributed by atoms with E-state index in [9.17, 15) is 9.59 Å². The fraction of sp³-hybridized carbons (Fsp3) is 0.550. The number of aromatic nitrogens is 2. The molecule has 0 aromatic carbocycles. The van der Waals surface area contributed by atoms with Gasteiger partial charge in [0.05, 0.1) is 35.5 Å². The molecular weight excluding hydrogens is 463 g/mol. The number of aryl methyl sites for hydroxylation is 1. The molecule has 2 unspecified atom stereocenters. The van der Waals surface area contributed by atoms with Crippen molar-refractivity contribution in [2.75, 3.05) is 31.7 Å². The van der Waals surface area contributed by atoms with Crippen LogP contribution in [0, 0.1) is 12.8 Å². The van der Waals surface area contributed by atoms with E-state index in [0.717, 1.165) is 5.13 Å². The van der Waals surface area contributed by atoms with Crippen molar-refractivity contribution in [3.63, 3.8) is 0 Å². The number of nitrogens with one attached hydrogen (secondary N) is 2. The molecule has 0 bridgehead atoms. The highest BCUT2D eigenvalue weighted by atomic mass is 35.5. The maximum absolute atomic E-state index is 12.8. The van der Waals surface area contributed by atoms with Crippen molar-refractivity contribution < 1.29 is 19.1 Å². The summed E-state index contributed by atoms with van der Waals surface area (Å²) < 4.78 is 11.0. The normalized spacial score (nSPS) is 21.2. The molecule has 0 spiro atoms. The topological polar surface area (TPSA) is 96.5 Å². The van der Waals surface area contributed by atoms with Gasteiger partial charge in [0, 0.05) is 25.4 Å². The van der Waals surface area contributed by atoms with Gasteiger partial charge in [0.25, 0.3) is 5.91 Å². The Bertz CT molecular complexity index is 975. The maximum atomic E-state index is 12.8. The number of hydrogen-bond donors (Lipinski definition) is 2. The van der Waals surface area contributed by atoms with Gasteiger partial charge in [-0.25, -0.2) is 9.78 Å². The number of H-pyrrole nitrogens is 1. The summed E-state index contributed by atoms with van der Waals surface area (Å²) in [6, 6.07) is -0.180. The van der Waals surface area contributed by atoms with E-state index in [1.54, 1.807) is 6.92 Å². The predicted octanol–water partition coefficient (Wildman–Crippen LogP) is 3.68. The smallest absolute Gasteiger partial charge is 0.349 e. The molecule has 11 heteroatoms. The molecule has 4 rings (SSSR count). The Hall–Kier alpha value is -1.81. The molecule has 1 saturated heterocycles. The minimum absolute atomic E-state index is 0.180. The van der Waals surface area contributed by atoms with Crippen LogP contribution < -0.4 is 10.2 Å². The second-order valence-electron chi connectivity index (χ2n) is 7.88. The minimum atomic E-state index is -0.399. The SMILES string of the molecule is COC(=O)c1cnc(N2CCC(NC(=O)c3[nH]c(C)c(Cl)c3Cl)C(OCC3CC3)C2)s1. The lowest BCUT2D eigenvalue weighted by Gasteiger charge is -2.38. The second-order valence-corrected chi connectivity index (χ2v) is 9.65. The van der Waals surface area contributed by atoms with Crippen LogP contribution in [0.3, 0.4) is 0 Å². The number of thiazole rings is 1. The number of rotatable bonds is 7. The number of carbonyl (C=O) groups is 2. The van der Waals surface area contributed by atoms with Crippen molar-refractivity contribution in [2.45, 2.75) is 38.3 Å². The van der Waals surface area contributed by atoms with E-state index in [1.807, 2.05) is 0 Å². The summed E-state index contributed by atoms with van der Waals surface area (Å²) in [6.45, 7) is 3.66. The van der Waals surface area contributed by atoms with Gasteiger partial charge < -0.3 is 24.7 Å². The number of hydrogen-bond acceptors (Lipinski definition) is 7. The summed E-state index contributed by atoms with van der Waals surface area (Å²) in [5.74, 6) is -0.110. The van der Waals surface area contributed by atoms with Crippen LogP contribution in [-0.2, 0) is 9.47 Å². The number of aromatic amines is 1. The average Bonchev–Trinajstić information content (AvgIpc) is 3.41. The van der Waals surface area contributed by atoms with Gasteiger partial charge in [0.15, 0.2) is 5.13 Å². The molecule has 2 aromatic heterocycles. The Kier molecular flexibility index (Phi) is 6.76. The number of nitrogens with zero attached hydrogens (tertiary/aromatic N) is 2. The van der Waals surface area contributed by atoms with Gasteiger partial charge in [-0.05, 0) is 32.1 Å². The molecule has 168 valence electrons. The fourth-order valence-electron chi connectivity index (χ4n) is 3.54. The molecule has 1 aliphatic carbocycles. The fourth-order valence-corrected chi connectivity index (χ4v) is 4.83. The lowest BCUT2D eigenvalue weighted by atomic mass is 10.0. The van der Waals surface area contributed by atoms with Gasteiger partial charge in [-0.1, -0.05) is 34.5 Å². The number of anilines is 1. The third-order valence-corrected chi connectivity index (χ3v) is 7.54. The molecule has 1 amide bonds. The number of carbonyl (C=O) groups excluding carboxylic acids is 2. The van der Waals surface area contributed by atoms with Gasteiger partial charge in [-0.2, -0.15) is 0 Å². The number of ether oxygens (including phenoxy) is 2. The highest BCUT2D eigenvalue weighted by Crippen LogP contribution is 2.32. The summed E-state index contributed by atoms with van der Waals surface area (Å²) in [5, 5.41) is 4.38. The first-order valence-corrected chi connectivity index (χ1v) is 11.7. The number of piperidine rings is 1. The Morgan fingerprint density at radius 3 is 2.74 bits per heavy atom. The van der Waals surface area contributed by atoms with E-state index in [-0.39, 0.29) is 28.8 Å². The highest BCUT2D eigenvalue weighted by Gasteiger charge is 2.35. The van der Waals surface area contributed by atoms with Gasteiger partial charge in [0.2, 0.25) is 0 Å². The van der Waals surface area contributed by atoms with E-state index < -0.39 is 5.97 Å². The van der Waals surface area contributed by atoms with Gasteiger partial charge in [0.1, 0.15) is 10.6 Å². The van der Waals surface area contributed by atoms with Crippen LogP contribution in [0.5, 0.6) is 0 Å². The lowest BCUT2D eigenvalue weighted by molar-refractivity contribution is 0.0146. The first-order valence-electron chi connectivity index (χ1n) is 10.1. The summed E-state index contributed by atoms with van der Waals surface area (Å²) >= 11 is 13.6. The molecule has 2 aliphatic rings. The average molecular weight is 487 g/mol. The Morgan fingerprint density at radius 1 is 1.32 bits per heavy atom. The van der Waals surface area contributed by atoms with Crippen LogP contribution in [0.2, 0.25) is 10.0 Å². The maximum Gasteiger partial charge on any atom is 0.349 e. The number of halogens is 2. The number of methoxy groups -OCH3 is 1.